The van der Waals surface area contributed by atoms with Crippen LogP contribution < -0.4 is 15.5 Å². The van der Waals surface area contributed by atoms with Gasteiger partial charge in [-0.1, -0.05) is 64.9 Å². The summed E-state index contributed by atoms with van der Waals surface area (Å²) in [5.41, 5.74) is 4.93. The molecule has 1 aliphatic carbocycles. The first-order chi connectivity index (χ1) is 20.3. The summed E-state index contributed by atoms with van der Waals surface area (Å²) in [6, 6.07) is 17.8. The first-order valence-electron chi connectivity index (χ1n) is 13.5. The van der Waals surface area contributed by atoms with E-state index in [0.717, 1.165) is 28.7 Å². The third kappa shape index (κ3) is 7.28. The van der Waals surface area contributed by atoms with Crippen molar-refractivity contribution >= 4 is 79.1 Å². The lowest BCUT2D eigenvalue weighted by atomic mass is 9.93. The first-order valence-corrected chi connectivity index (χ1v) is 15.1. The summed E-state index contributed by atoms with van der Waals surface area (Å²) in [5.74, 6) is -1.34. The number of amides is 3. The summed E-state index contributed by atoms with van der Waals surface area (Å²) >= 11 is 13.7. The van der Waals surface area contributed by atoms with Crippen LogP contribution in [0.15, 0.2) is 66.7 Å². The molecule has 1 heterocycles. The van der Waals surface area contributed by atoms with Crippen molar-refractivity contribution in [1.82, 2.24) is 10.3 Å². The number of urea groups is 1. The Kier molecular flexibility index (Phi) is 9.41. The fourth-order valence-electron chi connectivity index (χ4n) is 4.73. The minimum absolute atomic E-state index is 0.0416. The number of carboxylic acid groups (broad SMARTS) is 1. The topological polar surface area (TPSA) is 112 Å². The molecule has 4 aromatic rings. The molecule has 1 aromatic heterocycles. The van der Waals surface area contributed by atoms with E-state index in [1.165, 1.54) is 29.8 Å². The van der Waals surface area contributed by atoms with Crippen LogP contribution in [0, 0.1) is 0 Å². The fourth-order valence-corrected chi connectivity index (χ4v) is 6.31. The van der Waals surface area contributed by atoms with E-state index < -0.39 is 5.97 Å². The highest BCUT2D eigenvalue weighted by Gasteiger charge is 2.20. The molecule has 0 saturated heterocycles. The van der Waals surface area contributed by atoms with Crippen molar-refractivity contribution in [3.8, 4) is 0 Å². The quantitative estimate of drug-likeness (QED) is 0.175. The van der Waals surface area contributed by atoms with E-state index in [-0.39, 0.29) is 31.4 Å². The van der Waals surface area contributed by atoms with Crippen LogP contribution in [-0.4, -0.2) is 34.5 Å². The van der Waals surface area contributed by atoms with Crippen LogP contribution in [0.1, 0.15) is 53.6 Å². The van der Waals surface area contributed by atoms with Crippen molar-refractivity contribution in [2.24, 2.45) is 0 Å². The number of anilines is 2. The van der Waals surface area contributed by atoms with Gasteiger partial charge >= 0.3 is 12.0 Å². The molecule has 216 valence electrons. The van der Waals surface area contributed by atoms with Crippen LogP contribution in [0.25, 0.3) is 15.8 Å². The molecule has 0 atom stereocenters. The predicted molar refractivity (Wildman–Crippen MR) is 169 cm³/mol. The smallest absolute Gasteiger partial charge is 0.328 e. The molecule has 3 N–H and O–H groups in total. The maximum atomic E-state index is 13.7. The Morgan fingerprint density at radius 3 is 2.45 bits per heavy atom. The van der Waals surface area contributed by atoms with Crippen molar-refractivity contribution in [1.29, 1.82) is 0 Å². The number of carboxylic acids is 1. The Bertz CT molecular complexity index is 1650. The number of benzene rings is 3. The number of halogens is 2. The number of rotatable bonds is 9. The number of thiazole rings is 1. The van der Waals surface area contributed by atoms with Crippen LogP contribution in [0.4, 0.5) is 15.6 Å². The summed E-state index contributed by atoms with van der Waals surface area (Å²) in [7, 11) is 0. The maximum Gasteiger partial charge on any atom is 0.328 e. The van der Waals surface area contributed by atoms with E-state index in [9.17, 15) is 14.4 Å². The van der Waals surface area contributed by atoms with E-state index in [0.29, 0.717) is 31.9 Å². The van der Waals surface area contributed by atoms with Crippen LogP contribution in [0.5, 0.6) is 0 Å². The number of aliphatic carboxylic acids is 1. The molecule has 1 aliphatic rings. The molecule has 0 fully saturated rings. The monoisotopic (exact) mass is 622 g/mol. The molecule has 0 spiro atoms. The van der Waals surface area contributed by atoms with Gasteiger partial charge in [0.2, 0.25) is 0 Å². The number of allylic oxidation sites excluding steroid dienone is 2. The van der Waals surface area contributed by atoms with Crippen molar-refractivity contribution in [2.45, 2.75) is 38.6 Å². The Balaban J connectivity index is 1.37. The maximum absolute atomic E-state index is 13.7. The van der Waals surface area contributed by atoms with Gasteiger partial charge in [-0.15, -0.1) is 0 Å². The van der Waals surface area contributed by atoms with E-state index >= 15 is 0 Å². The van der Waals surface area contributed by atoms with Crippen LogP contribution in [0.2, 0.25) is 10.0 Å². The van der Waals surface area contributed by atoms with Crippen LogP contribution >= 0.6 is 34.5 Å². The highest BCUT2D eigenvalue weighted by atomic mass is 35.5. The minimum atomic E-state index is -0.981. The van der Waals surface area contributed by atoms with Gasteiger partial charge in [0.25, 0.3) is 5.91 Å². The second-order valence-electron chi connectivity index (χ2n) is 9.89. The van der Waals surface area contributed by atoms with Gasteiger partial charge in [0.05, 0.1) is 22.7 Å². The summed E-state index contributed by atoms with van der Waals surface area (Å²) in [6.45, 7) is 0.270. The molecule has 0 bridgehead atoms. The SMILES string of the molecule is O=C(O)CCNC(=O)c1ccc(CN(C(=O)Nc2nc3c(Cl)cc(Cl)cc3s2)c2ccc(C3=CCCCC3)cc2)cc1. The number of nitrogens with zero attached hydrogens (tertiary/aromatic N) is 2. The molecule has 0 aliphatic heterocycles. The first kappa shape index (κ1) is 29.6. The summed E-state index contributed by atoms with van der Waals surface area (Å²) in [6.07, 6.45) is 6.64. The number of carbonyl (C=O) groups is 3. The highest BCUT2D eigenvalue weighted by molar-refractivity contribution is 7.22. The van der Waals surface area contributed by atoms with Crippen molar-refractivity contribution < 1.29 is 19.5 Å². The van der Waals surface area contributed by atoms with Gasteiger partial charge in [-0.2, -0.15) is 0 Å². The lowest BCUT2D eigenvalue weighted by molar-refractivity contribution is -0.136. The van der Waals surface area contributed by atoms with E-state index in [2.05, 4.69) is 21.7 Å². The van der Waals surface area contributed by atoms with E-state index in [4.69, 9.17) is 28.3 Å². The molecule has 0 saturated carbocycles. The van der Waals surface area contributed by atoms with Crippen molar-refractivity contribution in [2.75, 3.05) is 16.8 Å². The average Bonchev–Trinajstić information content (AvgIpc) is 3.39. The third-order valence-corrected chi connectivity index (χ3v) is 8.32. The molecular formula is C31H28Cl2N4O4S. The summed E-state index contributed by atoms with van der Waals surface area (Å²) in [4.78, 5) is 42.9. The molecule has 0 radical (unpaired) electrons. The van der Waals surface area contributed by atoms with E-state index in [1.807, 2.05) is 24.3 Å². The molecule has 3 aromatic carbocycles. The number of nitrogens with one attached hydrogen (secondary N) is 2. The van der Waals surface area contributed by atoms with Crippen molar-refractivity contribution in [3.63, 3.8) is 0 Å². The Labute approximate surface area is 257 Å². The number of carbonyl (C=O) groups excluding carboxylic acids is 2. The van der Waals surface area contributed by atoms with Gasteiger partial charge in [0.15, 0.2) is 5.13 Å². The zero-order chi connectivity index (χ0) is 29.6. The largest absolute Gasteiger partial charge is 0.481 e. The van der Waals surface area contributed by atoms with Gasteiger partial charge in [-0.3, -0.25) is 19.8 Å². The Hall–Kier alpha value is -3.92. The van der Waals surface area contributed by atoms with E-state index in [1.54, 1.807) is 41.3 Å². The Morgan fingerprint density at radius 2 is 1.76 bits per heavy atom. The van der Waals surface area contributed by atoms with Crippen LogP contribution in [0.3, 0.4) is 0 Å². The average molecular weight is 624 g/mol. The number of aromatic nitrogens is 1. The zero-order valence-corrected chi connectivity index (χ0v) is 24.9. The van der Waals surface area contributed by atoms with Gasteiger partial charge in [0.1, 0.15) is 5.52 Å². The second kappa shape index (κ2) is 13.4. The predicted octanol–water partition coefficient (Wildman–Crippen LogP) is 8.00. The second-order valence-corrected chi connectivity index (χ2v) is 11.8. The molecule has 11 heteroatoms. The highest BCUT2D eigenvalue weighted by Crippen LogP contribution is 2.34. The molecule has 5 rings (SSSR count). The number of hydrogen-bond donors (Lipinski definition) is 3. The number of fused-ring (bicyclic) bond motifs is 1. The lowest BCUT2D eigenvalue weighted by Crippen LogP contribution is -2.34. The summed E-state index contributed by atoms with van der Waals surface area (Å²) in [5, 5.41) is 15.6. The Morgan fingerprint density at radius 1 is 1.00 bits per heavy atom. The zero-order valence-electron chi connectivity index (χ0n) is 22.5. The van der Waals surface area contributed by atoms with Gasteiger partial charge < -0.3 is 10.4 Å². The third-order valence-electron chi connectivity index (χ3n) is 6.89. The van der Waals surface area contributed by atoms with Crippen molar-refractivity contribution in [3.05, 3.63) is 93.5 Å². The van der Waals surface area contributed by atoms with Gasteiger partial charge in [-0.05, 0) is 78.8 Å². The minimum Gasteiger partial charge on any atom is -0.481 e. The fraction of sp³-hybridized carbons (Fsp3) is 0.226. The normalized spacial score (nSPS) is 13.0. The molecule has 3 amide bonds. The lowest BCUT2D eigenvalue weighted by Gasteiger charge is -2.23. The molecule has 42 heavy (non-hydrogen) atoms. The number of hydrogen-bond acceptors (Lipinski definition) is 5. The summed E-state index contributed by atoms with van der Waals surface area (Å²) < 4.78 is 0.761. The van der Waals surface area contributed by atoms with Crippen LogP contribution in [-0.2, 0) is 11.3 Å². The van der Waals surface area contributed by atoms with Gasteiger partial charge in [-0.25, -0.2) is 9.78 Å². The molecule has 0 unspecified atom stereocenters. The molecular weight excluding hydrogens is 595 g/mol. The standard InChI is InChI=1S/C31H28Cl2N4O4S/c32-23-16-25(33)28-26(17-23)42-30(35-28)36-31(41)37(24-12-10-21(11-13-24)20-4-2-1-3-5-20)18-19-6-8-22(9-7-19)29(40)34-15-14-27(38)39/h4,6-13,16-17H,1-3,5,14-15,18H2,(H,34,40)(H,38,39)(H,35,36,41). The van der Waals surface area contributed by atoms with Gasteiger partial charge in [0, 0.05) is 22.8 Å². The molecule has 8 nitrogen and oxygen atoms in total.